The minimum absolute atomic E-state index is 0.146. The van der Waals surface area contributed by atoms with Gasteiger partial charge in [-0.15, -0.1) is 0 Å². The van der Waals surface area contributed by atoms with Crippen LogP contribution >= 0.6 is 0 Å². The van der Waals surface area contributed by atoms with Crippen LogP contribution in [0.1, 0.15) is 10.5 Å². The molecule has 0 aliphatic heterocycles. The van der Waals surface area contributed by atoms with Crippen LogP contribution in [0.2, 0.25) is 0 Å². The van der Waals surface area contributed by atoms with Gasteiger partial charge in [-0.3, -0.25) is 4.79 Å². The highest BCUT2D eigenvalue weighted by Gasteiger charge is 2.11. The van der Waals surface area contributed by atoms with E-state index in [2.05, 4.69) is 15.3 Å². The molecule has 1 aromatic carbocycles. The lowest BCUT2D eigenvalue weighted by atomic mass is 10.3. The molecule has 76 valence electrons. The molecular weight excluding hydrogens is 192 g/mol. The highest BCUT2D eigenvalue weighted by Crippen LogP contribution is 2.13. The quantitative estimate of drug-likeness (QED) is 0.708. The number of nitrogens with two attached hydrogens (primary N) is 1. The van der Waals surface area contributed by atoms with Crippen LogP contribution in [0.25, 0.3) is 11.0 Å². The van der Waals surface area contributed by atoms with Crippen LogP contribution in [0.4, 0.5) is 5.82 Å². The smallest absolute Gasteiger partial charge is 0.273 e. The van der Waals surface area contributed by atoms with E-state index in [0.717, 1.165) is 0 Å². The lowest BCUT2D eigenvalue weighted by Crippen LogP contribution is -2.21. The van der Waals surface area contributed by atoms with Gasteiger partial charge in [-0.05, 0) is 12.1 Å². The molecule has 0 bridgehead atoms. The Bertz CT molecular complexity index is 524. The van der Waals surface area contributed by atoms with Crippen LogP contribution in [0.5, 0.6) is 0 Å². The largest absolute Gasteiger partial charge is 0.382 e. The Morgan fingerprint density at radius 3 is 2.47 bits per heavy atom. The van der Waals surface area contributed by atoms with Crippen molar-refractivity contribution in [2.45, 2.75) is 0 Å². The van der Waals surface area contributed by atoms with E-state index in [1.807, 2.05) is 12.1 Å². The zero-order valence-electron chi connectivity index (χ0n) is 8.19. The summed E-state index contributed by atoms with van der Waals surface area (Å²) in [6, 6.07) is 7.26. The summed E-state index contributed by atoms with van der Waals surface area (Å²) < 4.78 is 0. The number of fused-ring (bicyclic) bond motifs is 1. The van der Waals surface area contributed by atoms with Crippen molar-refractivity contribution in [1.29, 1.82) is 0 Å². The van der Waals surface area contributed by atoms with Crippen LogP contribution in [-0.2, 0) is 0 Å². The van der Waals surface area contributed by atoms with Gasteiger partial charge in [-0.1, -0.05) is 12.1 Å². The number of carbonyl (C=O) groups excluding carboxylic acids is 1. The van der Waals surface area contributed by atoms with E-state index in [1.54, 1.807) is 12.1 Å². The standard InChI is InChI=1S/C10H10N4O/c1-12-10(15)8-9(11)14-7-5-3-2-4-6(7)13-8/h2-5H,1H3,(H2,11,14)(H,12,15). The summed E-state index contributed by atoms with van der Waals surface area (Å²) in [4.78, 5) is 19.6. The first kappa shape index (κ1) is 9.39. The molecule has 0 aliphatic carbocycles. The van der Waals surface area contributed by atoms with Gasteiger partial charge in [0, 0.05) is 7.05 Å². The summed E-state index contributed by atoms with van der Waals surface area (Å²) in [7, 11) is 1.53. The molecule has 0 aliphatic rings. The number of nitrogen functional groups attached to an aromatic ring is 1. The third-order valence-electron chi connectivity index (χ3n) is 2.04. The van der Waals surface area contributed by atoms with Gasteiger partial charge in [0.1, 0.15) is 0 Å². The second kappa shape index (κ2) is 3.53. The predicted molar refractivity (Wildman–Crippen MR) is 57.3 cm³/mol. The Labute approximate surface area is 86.3 Å². The normalized spacial score (nSPS) is 10.2. The molecule has 1 heterocycles. The van der Waals surface area contributed by atoms with Gasteiger partial charge < -0.3 is 11.1 Å². The minimum atomic E-state index is -0.328. The summed E-state index contributed by atoms with van der Waals surface area (Å²) >= 11 is 0. The number of amides is 1. The Morgan fingerprint density at radius 1 is 1.27 bits per heavy atom. The predicted octanol–water partition coefficient (Wildman–Crippen LogP) is 0.572. The monoisotopic (exact) mass is 202 g/mol. The number of rotatable bonds is 1. The molecule has 2 rings (SSSR count). The van der Waals surface area contributed by atoms with Crippen molar-refractivity contribution in [2.75, 3.05) is 12.8 Å². The third kappa shape index (κ3) is 1.59. The number of carbonyl (C=O) groups is 1. The van der Waals surface area contributed by atoms with Crippen molar-refractivity contribution in [3.05, 3.63) is 30.0 Å². The molecule has 2 aromatic rings. The average molecular weight is 202 g/mol. The number of aromatic nitrogens is 2. The van der Waals surface area contributed by atoms with Crippen LogP contribution in [0.3, 0.4) is 0 Å². The number of para-hydroxylation sites is 2. The maximum Gasteiger partial charge on any atom is 0.273 e. The van der Waals surface area contributed by atoms with Crippen molar-refractivity contribution >= 4 is 22.8 Å². The van der Waals surface area contributed by atoms with Crippen molar-refractivity contribution in [2.24, 2.45) is 0 Å². The molecule has 1 amide bonds. The van der Waals surface area contributed by atoms with E-state index >= 15 is 0 Å². The molecule has 0 unspecified atom stereocenters. The molecule has 15 heavy (non-hydrogen) atoms. The Hall–Kier alpha value is -2.17. The number of hydrogen-bond acceptors (Lipinski definition) is 4. The molecule has 0 spiro atoms. The van der Waals surface area contributed by atoms with Crippen LogP contribution in [0.15, 0.2) is 24.3 Å². The highest BCUT2D eigenvalue weighted by molar-refractivity contribution is 5.98. The van der Waals surface area contributed by atoms with Gasteiger partial charge in [0.15, 0.2) is 11.5 Å². The van der Waals surface area contributed by atoms with Crippen LogP contribution < -0.4 is 11.1 Å². The Balaban J connectivity index is 2.67. The fourth-order valence-electron chi connectivity index (χ4n) is 1.30. The van der Waals surface area contributed by atoms with E-state index in [1.165, 1.54) is 7.05 Å². The molecule has 3 N–H and O–H groups in total. The summed E-state index contributed by atoms with van der Waals surface area (Å²) in [5.74, 6) is -0.182. The Morgan fingerprint density at radius 2 is 1.87 bits per heavy atom. The fraction of sp³-hybridized carbons (Fsp3) is 0.100. The zero-order valence-corrected chi connectivity index (χ0v) is 8.19. The molecular formula is C10H10N4O. The molecule has 5 nitrogen and oxygen atoms in total. The minimum Gasteiger partial charge on any atom is -0.382 e. The maximum absolute atomic E-state index is 11.4. The SMILES string of the molecule is CNC(=O)c1nc2ccccc2nc1N. The van der Waals surface area contributed by atoms with E-state index < -0.39 is 0 Å². The molecule has 0 fully saturated rings. The zero-order chi connectivity index (χ0) is 10.8. The average Bonchev–Trinajstić information content (AvgIpc) is 2.27. The van der Waals surface area contributed by atoms with Gasteiger partial charge in [-0.25, -0.2) is 9.97 Å². The first-order valence-electron chi connectivity index (χ1n) is 4.46. The second-order valence-corrected chi connectivity index (χ2v) is 3.03. The van der Waals surface area contributed by atoms with Gasteiger partial charge in [0.25, 0.3) is 5.91 Å². The highest BCUT2D eigenvalue weighted by atomic mass is 16.1. The summed E-state index contributed by atoms with van der Waals surface area (Å²) in [6.45, 7) is 0. The molecule has 1 aromatic heterocycles. The van der Waals surface area contributed by atoms with Gasteiger partial charge in [0.2, 0.25) is 0 Å². The number of anilines is 1. The summed E-state index contributed by atoms with van der Waals surface area (Å²) in [6.07, 6.45) is 0. The van der Waals surface area contributed by atoms with Crippen molar-refractivity contribution < 1.29 is 4.79 Å². The molecule has 5 heteroatoms. The van der Waals surface area contributed by atoms with Crippen molar-refractivity contribution in [3.8, 4) is 0 Å². The van der Waals surface area contributed by atoms with E-state index in [-0.39, 0.29) is 17.4 Å². The van der Waals surface area contributed by atoms with Gasteiger partial charge >= 0.3 is 0 Å². The van der Waals surface area contributed by atoms with Crippen molar-refractivity contribution in [3.63, 3.8) is 0 Å². The number of benzene rings is 1. The van der Waals surface area contributed by atoms with Crippen molar-refractivity contribution in [1.82, 2.24) is 15.3 Å². The van der Waals surface area contributed by atoms with Crippen LogP contribution in [-0.4, -0.2) is 22.9 Å². The second-order valence-electron chi connectivity index (χ2n) is 3.03. The third-order valence-corrected chi connectivity index (χ3v) is 2.04. The topological polar surface area (TPSA) is 80.9 Å². The van der Waals surface area contributed by atoms with Gasteiger partial charge in [-0.2, -0.15) is 0 Å². The van der Waals surface area contributed by atoms with Gasteiger partial charge in [0.05, 0.1) is 11.0 Å². The lowest BCUT2D eigenvalue weighted by molar-refractivity contribution is 0.0959. The Kier molecular flexibility index (Phi) is 2.21. The van der Waals surface area contributed by atoms with E-state index in [0.29, 0.717) is 11.0 Å². The fourth-order valence-corrected chi connectivity index (χ4v) is 1.30. The molecule has 0 saturated heterocycles. The molecule has 0 saturated carbocycles. The molecule has 0 atom stereocenters. The number of nitrogens with one attached hydrogen (secondary N) is 1. The first-order chi connectivity index (χ1) is 7.22. The van der Waals surface area contributed by atoms with Crippen LogP contribution in [0, 0.1) is 0 Å². The summed E-state index contributed by atoms with van der Waals surface area (Å²) in [5.41, 5.74) is 7.13. The first-order valence-corrected chi connectivity index (χ1v) is 4.46. The maximum atomic E-state index is 11.4. The van der Waals surface area contributed by atoms with E-state index in [9.17, 15) is 4.79 Å². The number of nitrogens with zero attached hydrogens (tertiary/aromatic N) is 2. The molecule has 0 radical (unpaired) electrons. The number of hydrogen-bond donors (Lipinski definition) is 2. The lowest BCUT2D eigenvalue weighted by Gasteiger charge is -2.04. The summed E-state index contributed by atoms with van der Waals surface area (Å²) in [5, 5.41) is 2.47. The van der Waals surface area contributed by atoms with E-state index in [4.69, 9.17) is 5.73 Å².